The molecule has 0 atom stereocenters. The van der Waals surface area contributed by atoms with E-state index in [9.17, 15) is 9.59 Å². The average molecular weight is 303 g/mol. The van der Waals surface area contributed by atoms with Crippen LogP contribution in [-0.4, -0.2) is 32.4 Å². The van der Waals surface area contributed by atoms with Gasteiger partial charge in [-0.25, -0.2) is 9.78 Å². The van der Waals surface area contributed by atoms with Gasteiger partial charge in [-0.05, 0) is 34.6 Å². The van der Waals surface area contributed by atoms with Crippen LogP contribution < -0.4 is 0 Å². The van der Waals surface area contributed by atoms with E-state index in [1.165, 1.54) is 28.5 Å². The molecule has 0 unspecified atom stereocenters. The van der Waals surface area contributed by atoms with Crippen molar-refractivity contribution >= 4 is 35.0 Å². The number of thiazole rings is 1. The van der Waals surface area contributed by atoms with Gasteiger partial charge >= 0.3 is 11.9 Å². The smallest absolute Gasteiger partial charge is 0.355 e. The molecule has 0 aromatic carbocycles. The quantitative estimate of drug-likeness (QED) is 0.680. The van der Waals surface area contributed by atoms with E-state index in [2.05, 4.69) is 4.98 Å². The lowest BCUT2D eigenvalue weighted by atomic mass is 10.1. The van der Waals surface area contributed by atoms with Gasteiger partial charge in [0, 0.05) is 5.38 Å². The minimum atomic E-state index is -1.07. The molecule has 0 aliphatic heterocycles. The highest BCUT2D eigenvalue weighted by atomic mass is 32.2. The third kappa shape index (κ3) is 4.83. The van der Waals surface area contributed by atoms with Crippen LogP contribution in [0.4, 0.5) is 0 Å². The normalized spacial score (nSPS) is 12.3. The lowest BCUT2D eigenvalue weighted by molar-refractivity contribution is -0.156. The van der Waals surface area contributed by atoms with Crippen LogP contribution in [0.3, 0.4) is 0 Å². The number of ether oxygens (including phenoxy) is 1. The highest BCUT2D eigenvalue weighted by molar-refractivity contribution is 8.03. The first kappa shape index (κ1) is 16.0. The molecule has 0 amide bonds. The van der Waals surface area contributed by atoms with Gasteiger partial charge in [0.05, 0.1) is 0 Å². The van der Waals surface area contributed by atoms with Crippen molar-refractivity contribution < 1.29 is 19.4 Å². The molecule has 19 heavy (non-hydrogen) atoms. The Balaban J connectivity index is 2.78. The van der Waals surface area contributed by atoms with Crippen molar-refractivity contribution in [2.75, 3.05) is 0 Å². The molecule has 106 valence electrons. The van der Waals surface area contributed by atoms with Gasteiger partial charge in [0.15, 0.2) is 10.0 Å². The zero-order valence-corrected chi connectivity index (χ0v) is 13.1. The molecule has 1 aromatic rings. The topological polar surface area (TPSA) is 76.5 Å². The van der Waals surface area contributed by atoms with E-state index < -0.39 is 16.3 Å². The number of aromatic nitrogens is 1. The summed E-state index contributed by atoms with van der Waals surface area (Å²) in [5.74, 6) is -1.42. The summed E-state index contributed by atoms with van der Waals surface area (Å²) < 4.78 is 5.05. The fourth-order valence-corrected chi connectivity index (χ4v) is 3.25. The molecule has 1 rings (SSSR count). The number of esters is 1. The van der Waals surface area contributed by atoms with Crippen LogP contribution in [0.5, 0.6) is 0 Å². The number of carbonyl (C=O) groups is 2. The second kappa shape index (κ2) is 5.50. The van der Waals surface area contributed by atoms with Crippen molar-refractivity contribution in [2.45, 2.75) is 49.3 Å². The number of nitrogens with zero attached hydrogens (tertiary/aromatic N) is 1. The van der Waals surface area contributed by atoms with E-state index in [1.807, 2.05) is 0 Å². The summed E-state index contributed by atoms with van der Waals surface area (Å²) in [6.45, 7) is 8.87. The second-order valence-corrected chi connectivity index (χ2v) is 8.15. The van der Waals surface area contributed by atoms with Crippen LogP contribution in [0.25, 0.3) is 0 Å². The van der Waals surface area contributed by atoms with Crippen molar-refractivity contribution in [3.63, 3.8) is 0 Å². The van der Waals surface area contributed by atoms with Crippen molar-refractivity contribution in [3.05, 3.63) is 11.1 Å². The molecule has 0 fully saturated rings. The number of carboxylic acid groups (broad SMARTS) is 1. The largest absolute Gasteiger partial charge is 0.476 e. The van der Waals surface area contributed by atoms with E-state index in [0.717, 1.165) is 0 Å². The minimum Gasteiger partial charge on any atom is -0.476 e. The van der Waals surface area contributed by atoms with Gasteiger partial charge in [0.25, 0.3) is 0 Å². The van der Waals surface area contributed by atoms with E-state index in [0.29, 0.717) is 4.34 Å². The predicted molar refractivity (Wildman–Crippen MR) is 74.9 cm³/mol. The summed E-state index contributed by atoms with van der Waals surface area (Å²) in [7, 11) is 0. The molecule has 0 saturated carbocycles. The SMILES string of the molecule is CC(C)(C)OC(=O)C(C)(C)Sc1nc(C(=O)O)cs1. The van der Waals surface area contributed by atoms with Gasteiger partial charge in [-0.15, -0.1) is 11.3 Å². The zero-order chi connectivity index (χ0) is 14.8. The monoisotopic (exact) mass is 303 g/mol. The Hall–Kier alpha value is -1.08. The Bertz CT molecular complexity index is 488. The fourth-order valence-electron chi connectivity index (χ4n) is 1.06. The third-order valence-corrected chi connectivity index (χ3v) is 4.05. The van der Waals surface area contributed by atoms with Crippen molar-refractivity contribution in [2.24, 2.45) is 0 Å². The van der Waals surface area contributed by atoms with Gasteiger partial charge in [-0.3, -0.25) is 4.79 Å². The number of thioether (sulfide) groups is 1. The van der Waals surface area contributed by atoms with Gasteiger partial charge in [0.2, 0.25) is 0 Å². The second-order valence-electron chi connectivity index (χ2n) is 5.42. The number of carbonyl (C=O) groups excluding carboxylic acids is 1. The summed E-state index contributed by atoms with van der Waals surface area (Å²) in [5, 5.41) is 10.3. The Morgan fingerprint density at radius 2 is 1.89 bits per heavy atom. The van der Waals surface area contributed by atoms with Gasteiger partial charge < -0.3 is 9.84 Å². The number of carboxylic acids is 1. The zero-order valence-electron chi connectivity index (χ0n) is 11.5. The fraction of sp³-hybridized carbons (Fsp3) is 0.583. The number of aromatic carboxylic acids is 1. The lowest BCUT2D eigenvalue weighted by Gasteiger charge is -2.27. The Labute approximate surface area is 120 Å². The molecular formula is C12H17NO4S2. The average Bonchev–Trinajstić information content (AvgIpc) is 2.62. The molecule has 0 spiro atoms. The molecule has 5 nitrogen and oxygen atoms in total. The molecule has 1 N–H and O–H groups in total. The van der Waals surface area contributed by atoms with Crippen LogP contribution in [-0.2, 0) is 9.53 Å². The summed E-state index contributed by atoms with van der Waals surface area (Å²) in [4.78, 5) is 26.7. The maximum atomic E-state index is 12.0. The Morgan fingerprint density at radius 3 is 2.32 bits per heavy atom. The van der Waals surface area contributed by atoms with Gasteiger partial charge in [-0.1, -0.05) is 11.8 Å². The Morgan fingerprint density at radius 1 is 1.32 bits per heavy atom. The van der Waals surface area contributed by atoms with Crippen molar-refractivity contribution in [3.8, 4) is 0 Å². The van der Waals surface area contributed by atoms with E-state index in [1.54, 1.807) is 34.6 Å². The molecule has 1 heterocycles. The van der Waals surface area contributed by atoms with Gasteiger partial charge in [0.1, 0.15) is 10.3 Å². The van der Waals surface area contributed by atoms with Gasteiger partial charge in [-0.2, -0.15) is 0 Å². The van der Waals surface area contributed by atoms with Crippen LogP contribution in [0.15, 0.2) is 9.72 Å². The van der Waals surface area contributed by atoms with Crippen molar-refractivity contribution in [1.29, 1.82) is 0 Å². The first-order chi connectivity index (χ1) is 8.51. The number of rotatable bonds is 4. The summed E-state index contributed by atoms with van der Waals surface area (Å²) in [6, 6.07) is 0. The third-order valence-electron chi connectivity index (χ3n) is 1.94. The van der Waals surface area contributed by atoms with E-state index in [-0.39, 0.29) is 11.7 Å². The van der Waals surface area contributed by atoms with E-state index in [4.69, 9.17) is 9.84 Å². The van der Waals surface area contributed by atoms with Crippen molar-refractivity contribution in [1.82, 2.24) is 4.98 Å². The predicted octanol–water partition coefficient (Wildman–Crippen LogP) is 3.05. The standard InChI is InChI=1S/C12H17NO4S2/c1-11(2,3)17-9(16)12(4,5)19-10-13-7(6-18-10)8(14)15/h6H,1-5H3,(H,14,15). The number of hydrogen-bond donors (Lipinski definition) is 1. The Kier molecular flexibility index (Phi) is 4.63. The molecule has 0 aliphatic carbocycles. The highest BCUT2D eigenvalue weighted by Gasteiger charge is 2.34. The number of hydrogen-bond acceptors (Lipinski definition) is 6. The summed E-state index contributed by atoms with van der Waals surface area (Å²) in [5.41, 5.74) is -0.559. The van der Waals surface area contributed by atoms with Crippen LogP contribution in [0.2, 0.25) is 0 Å². The molecule has 0 radical (unpaired) electrons. The van der Waals surface area contributed by atoms with Crippen LogP contribution in [0.1, 0.15) is 45.1 Å². The van der Waals surface area contributed by atoms with Crippen LogP contribution in [0, 0.1) is 0 Å². The molecule has 0 aliphatic rings. The first-order valence-corrected chi connectivity index (χ1v) is 7.32. The molecular weight excluding hydrogens is 286 g/mol. The maximum absolute atomic E-state index is 12.0. The minimum absolute atomic E-state index is 0.00695. The maximum Gasteiger partial charge on any atom is 0.355 e. The molecule has 1 aromatic heterocycles. The van der Waals surface area contributed by atoms with Crippen LogP contribution >= 0.6 is 23.1 Å². The highest BCUT2D eigenvalue weighted by Crippen LogP contribution is 2.36. The summed E-state index contributed by atoms with van der Waals surface area (Å²) in [6.07, 6.45) is 0. The molecule has 7 heteroatoms. The molecule has 0 bridgehead atoms. The first-order valence-electron chi connectivity index (χ1n) is 5.62. The lowest BCUT2D eigenvalue weighted by Crippen LogP contribution is -2.36. The van der Waals surface area contributed by atoms with E-state index >= 15 is 0 Å². The summed E-state index contributed by atoms with van der Waals surface area (Å²) >= 11 is 2.41. The molecule has 0 saturated heterocycles.